The highest BCUT2D eigenvalue weighted by molar-refractivity contribution is 6.31. The first-order valence-corrected chi connectivity index (χ1v) is 7.94. The third kappa shape index (κ3) is 3.92. The molecular weight excluding hydrogens is 342 g/mol. The predicted molar refractivity (Wildman–Crippen MR) is 96.3 cm³/mol. The molecule has 1 heterocycles. The number of nitrogens with one attached hydrogen (secondary N) is 1. The van der Waals surface area contributed by atoms with Gasteiger partial charge in [-0.05, 0) is 25.1 Å². The quantitative estimate of drug-likeness (QED) is 0.649. The maximum Gasteiger partial charge on any atom is 0.412 e. The minimum atomic E-state index is -0.632. The van der Waals surface area contributed by atoms with E-state index in [-0.39, 0.29) is 0 Å². The minimum absolute atomic E-state index is 0.404. The maximum absolute atomic E-state index is 12.2. The van der Waals surface area contributed by atoms with Gasteiger partial charge in [-0.3, -0.25) is 5.32 Å². The number of carbonyl (C=O) groups excluding carboxylic acids is 1. The molecule has 0 saturated heterocycles. The van der Waals surface area contributed by atoms with Crippen molar-refractivity contribution in [1.29, 1.82) is 0 Å². The van der Waals surface area contributed by atoms with Gasteiger partial charge in [-0.2, -0.15) is 0 Å². The number of ether oxygens (including phenoxy) is 1. The molecule has 1 aromatic heterocycles. The molecule has 0 bridgehead atoms. The van der Waals surface area contributed by atoms with Gasteiger partial charge in [0.05, 0.1) is 0 Å². The summed E-state index contributed by atoms with van der Waals surface area (Å²) in [5.41, 5.74) is 8.69. The van der Waals surface area contributed by atoms with E-state index in [1.54, 1.807) is 43.3 Å². The van der Waals surface area contributed by atoms with Crippen LogP contribution in [0.2, 0.25) is 5.02 Å². The van der Waals surface area contributed by atoms with Crippen LogP contribution in [0.25, 0.3) is 11.3 Å². The number of benzene rings is 2. The van der Waals surface area contributed by atoms with Crippen LogP contribution in [-0.4, -0.2) is 11.2 Å². The molecule has 25 heavy (non-hydrogen) atoms. The van der Waals surface area contributed by atoms with Crippen LogP contribution >= 0.6 is 11.6 Å². The Hall–Kier alpha value is -2.99. The first-order valence-electron chi connectivity index (χ1n) is 7.57. The number of nitrogens with two attached hydrogens (primary N) is 1. The summed E-state index contributed by atoms with van der Waals surface area (Å²) in [7, 11) is 0. The number of halogens is 1. The van der Waals surface area contributed by atoms with E-state index in [2.05, 4.69) is 10.5 Å². The SMILES string of the molecule is CC(OC(=O)Nc1conc1-c1ccc(N)cc1)c1ccccc1Cl. The van der Waals surface area contributed by atoms with Crippen LogP contribution in [0.4, 0.5) is 16.2 Å². The van der Waals surface area contributed by atoms with E-state index in [1.807, 2.05) is 12.1 Å². The number of nitrogen functional groups attached to an aromatic ring is 1. The number of hydrogen-bond donors (Lipinski definition) is 2. The molecule has 1 amide bonds. The lowest BCUT2D eigenvalue weighted by molar-refractivity contribution is 0.121. The molecule has 0 aliphatic carbocycles. The van der Waals surface area contributed by atoms with Gasteiger partial charge in [0.1, 0.15) is 23.7 Å². The maximum atomic E-state index is 12.2. The fraction of sp³-hybridized carbons (Fsp3) is 0.111. The van der Waals surface area contributed by atoms with Gasteiger partial charge in [0.25, 0.3) is 0 Å². The van der Waals surface area contributed by atoms with Gasteiger partial charge in [0, 0.05) is 21.8 Å². The van der Waals surface area contributed by atoms with Crippen molar-refractivity contribution in [1.82, 2.24) is 5.16 Å². The van der Waals surface area contributed by atoms with Gasteiger partial charge >= 0.3 is 6.09 Å². The summed E-state index contributed by atoms with van der Waals surface area (Å²) >= 11 is 6.12. The van der Waals surface area contributed by atoms with Crippen LogP contribution in [-0.2, 0) is 4.74 Å². The van der Waals surface area contributed by atoms with Crippen LogP contribution in [0.15, 0.2) is 59.3 Å². The van der Waals surface area contributed by atoms with E-state index in [0.717, 1.165) is 11.1 Å². The highest BCUT2D eigenvalue weighted by Crippen LogP contribution is 2.29. The first-order chi connectivity index (χ1) is 12.0. The standard InChI is InChI=1S/C18H16ClN3O3/c1-11(14-4-2-3-5-15(14)19)25-18(23)21-16-10-24-22-17(16)12-6-8-13(20)9-7-12/h2-11H,20H2,1H3,(H,21,23). The second-order valence-electron chi connectivity index (χ2n) is 5.39. The third-order valence-electron chi connectivity index (χ3n) is 3.62. The summed E-state index contributed by atoms with van der Waals surface area (Å²) in [5, 5.41) is 7.08. The Kier molecular flexibility index (Phi) is 4.90. The zero-order valence-corrected chi connectivity index (χ0v) is 14.2. The van der Waals surface area contributed by atoms with Crippen LogP contribution in [0.1, 0.15) is 18.6 Å². The van der Waals surface area contributed by atoms with E-state index < -0.39 is 12.2 Å². The van der Waals surface area contributed by atoms with Crippen molar-refractivity contribution < 1.29 is 14.1 Å². The van der Waals surface area contributed by atoms with Crippen LogP contribution < -0.4 is 11.1 Å². The molecule has 7 heteroatoms. The number of hydrogen-bond acceptors (Lipinski definition) is 5. The second kappa shape index (κ2) is 7.27. The lowest BCUT2D eigenvalue weighted by Gasteiger charge is -2.15. The monoisotopic (exact) mass is 357 g/mol. The van der Waals surface area contributed by atoms with E-state index in [1.165, 1.54) is 6.26 Å². The Morgan fingerprint density at radius 1 is 1.24 bits per heavy atom. The number of nitrogens with zero attached hydrogens (tertiary/aromatic N) is 1. The molecule has 1 atom stereocenters. The van der Waals surface area contributed by atoms with Gasteiger partial charge in [-0.1, -0.05) is 47.1 Å². The average Bonchev–Trinajstić information content (AvgIpc) is 3.03. The molecule has 0 saturated carbocycles. The predicted octanol–water partition coefficient (Wildman–Crippen LogP) is 4.89. The third-order valence-corrected chi connectivity index (χ3v) is 3.96. The van der Waals surface area contributed by atoms with Crippen molar-refractivity contribution >= 4 is 29.1 Å². The van der Waals surface area contributed by atoms with Crippen molar-refractivity contribution in [2.24, 2.45) is 0 Å². The fourth-order valence-corrected chi connectivity index (χ4v) is 2.63. The molecule has 128 valence electrons. The van der Waals surface area contributed by atoms with Gasteiger partial charge < -0.3 is 15.0 Å². The lowest BCUT2D eigenvalue weighted by Crippen LogP contribution is -2.16. The first kappa shape index (κ1) is 16.9. The zero-order valence-electron chi connectivity index (χ0n) is 13.4. The molecule has 0 fully saturated rings. The van der Waals surface area contributed by atoms with Gasteiger partial charge in [0.2, 0.25) is 0 Å². The summed E-state index contributed by atoms with van der Waals surface area (Å²) in [6.07, 6.45) is 0.202. The molecule has 3 N–H and O–H groups in total. The summed E-state index contributed by atoms with van der Waals surface area (Å²) in [5.74, 6) is 0. The normalized spacial score (nSPS) is 11.8. The number of rotatable bonds is 4. The van der Waals surface area contributed by atoms with Crippen LogP contribution in [0.5, 0.6) is 0 Å². The highest BCUT2D eigenvalue weighted by atomic mass is 35.5. The Morgan fingerprint density at radius 3 is 2.68 bits per heavy atom. The molecule has 0 aliphatic rings. The largest absolute Gasteiger partial charge is 0.441 e. The van der Waals surface area contributed by atoms with Crippen LogP contribution in [0.3, 0.4) is 0 Å². The molecule has 6 nitrogen and oxygen atoms in total. The number of amides is 1. The summed E-state index contributed by atoms with van der Waals surface area (Å²) in [6.45, 7) is 1.75. The van der Waals surface area contributed by atoms with Gasteiger partial charge in [-0.25, -0.2) is 4.79 Å². The minimum Gasteiger partial charge on any atom is -0.441 e. The van der Waals surface area contributed by atoms with Crippen molar-refractivity contribution in [2.75, 3.05) is 11.1 Å². The Bertz CT molecular complexity index is 877. The molecule has 0 radical (unpaired) electrons. The zero-order chi connectivity index (χ0) is 17.8. The van der Waals surface area contributed by atoms with Crippen molar-refractivity contribution in [3.8, 4) is 11.3 Å². The fourth-order valence-electron chi connectivity index (χ4n) is 2.34. The van der Waals surface area contributed by atoms with E-state index in [4.69, 9.17) is 26.6 Å². The topological polar surface area (TPSA) is 90.4 Å². The Morgan fingerprint density at radius 2 is 1.96 bits per heavy atom. The highest BCUT2D eigenvalue weighted by Gasteiger charge is 2.17. The second-order valence-corrected chi connectivity index (χ2v) is 5.80. The van der Waals surface area contributed by atoms with Crippen molar-refractivity contribution in [3.05, 3.63) is 65.4 Å². The summed E-state index contributed by atoms with van der Waals surface area (Å²) in [4.78, 5) is 12.2. The summed E-state index contributed by atoms with van der Waals surface area (Å²) in [6, 6.07) is 14.3. The molecule has 3 rings (SSSR count). The molecule has 2 aromatic carbocycles. The molecule has 0 aliphatic heterocycles. The molecule has 1 unspecified atom stereocenters. The average molecular weight is 358 g/mol. The van der Waals surface area contributed by atoms with Crippen molar-refractivity contribution in [2.45, 2.75) is 13.0 Å². The summed E-state index contributed by atoms with van der Waals surface area (Å²) < 4.78 is 10.3. The Balaban J connectivity index is 1.71. The van der Waals surface area contributed by atoms with E-state index >= 15 is 0 Å². The number of aromatic nitrogens is 1. The van der Waals surface area contributed by atoms with E-state index in [9.17, 15) is 4.79 Å². The van der Waals surface area contributed by atoms with E-state index in [0.29, 0.717) is 22.1 Å². The van der Waals surface area contributed by atoms with Crippen molar-refractivity contribution in [3.63, 3.8) is 0 Å². The molecule has 3 aromatic rings. The van der Waals surface area contributed by atoms with Gasteiger partial charge in [0.15, 0.2) is 0 Å². The molecular formula is C18H16ClN3O3. The van der Waals surface area contributed by atoms with Gasteiger partial charge in [-0.15, -0.1) is 0 Å². The smallest absolute Gasteiger partial charge is 0.412 e. The Labute approximate surface area is 149 Å². The van der Waals surface area contributed by atoms with Crippen LogP contribution in [0, 0.1) is 0 Å². The lowest BCUT2D eigenvalue weighted by atomic mass is 10.1. The number of carbonyl (C=O) groups is 1. The molecule has 0 spiro atoms. The number of anilines is 2.